The number of amides is 1. The van der Waals surface area contributed by atoms with Crippen LogP contribution in [0, 0.1) is 0 Å². The number of tetrazole rings is 1. The van der Waals surface area contributed by atoms with Crippen molar-refractivity contribution in [3.05, 3.63) is 90.3 Å². The molecule has 1 amide bonds. The van der Waals surface area contributed by atoms with E-state index < -0.39 is 0 Å². The van der Waals surface area contributed by atoms with Crippen LogP contribution in [0.5, 0.6) is 5.75 Å². The number of hydrogen-bond donors (Lipinski definition) is 0. The van der Waals surface area contributed by atoms with Gasteiger partial charge >= 0.3 is 0 Å². The molecule has 7 rings (SSSR count). The highest BCUT2D eigenvalue weighted by Crippen LogP contribution is 2.39. The van der Waals surface area contributed by atoms with Crippen LogP contribution in [0.2, 0.25) is 0 Å². The van der Waals surface area contributed by atoms with Gasteiger partial charge in [-0.1, -0.05) is 62.2 Å². The van der Waals surface area contributed by atoms with Gasteiger partial charge in [0, 0.05) is 44.7 Å². The third-order valence-corrected chi connectivity index (χ3v) is 10.5. The molecule has 0 bridgehead atoms. The molecule has 11 heteroatoms. The summed E-state index contributed by atoms with van der Waals surface area (Å²) in [7, 11) is 1.60. The number of anilines is 1. The number of imidazole rings is 1. The molecule has 0 radical (unpaired) electrons. The maximum Gasteiger partial charge on any atom is 0.257 e. The number of aromatic nitrogens is 6. The Bertz CT molecular complexity index is 1840. The Morgan fingerprint density at radius 3 is 2.59 bits per heavy atom. The van der Waals surface area contributed by atoms with E-state index in [1.165, 1.54) is 36.7 Å². The van der Waals surface area contributed by atoms with Crippen LogP contribution >= 0.6 is 0 Å². The monoisotopic (exact) mass is 661 g/mol. The van der Waals surface area contributed by atoms with Gasteiger partial charge in [-0.3, -0.25) is 4.79 Å². The summed E-state index contributed by atoms with van der Waals surface area (Å²) in [4.78, 5) is 26.4. The summed E-state index contributed by atoms with van der Waals surface area (Å²) < 4.78 is 9.64. The zero-order chi connectivity index (χ0) is 33.6. The number of nitrogens with zero attached hydrogens (tertiary/aromatic N) is 9. The third-order valence-electron chi connectivity index (χ3n) is 10.5. The number of rotatable bonds is 12. The van der Waals surface area contributed by atoms with Crippen molar-refractivity contribution >= 4 is 22.9 Å². The number of ether oxygens (including phenoxy) is 1. The lowest BCUT2D eigenvalue weighted by atomic mass is 9.76. The Morgan fingerprint density at radius 1 is 0.918 bits per heavy atom. The maximum absolute atomic E-state index is 14.1. The van der Waals surface area contributed by atoms with Gasteiger partial charge in [0.25, 0.3) is 5.91 Å². The number of carbonyl (C=O) groups excluding carboxylic acids is 1. The van der Waals surface area contributed by atoms with Crippen LogP contribution < -0.4 is 9.64 Å². The first-order valence-corrected chi connectivity index (χ1v) is 17.8. The molecule has 0 unspecified atom stereocenters. The number of aryl methyl sites for hydroxylation is 1. The van der Waals surface area contributed by atoms with Crippen molar-refractivity contribution in [1.29, 1.82) is 0 Å². The quantitative estimate of drug-likeness (QED) is 0.160. The average molecular weight is 662 g/mol. The van der Waals surface area contributed by atoms with Crippen LogP contribution in [0.1, 0.15) is 61.4 Å². The Balaban J connectivity index is 1.06. The lowest BCUT2D eigenvalue weighted by Crippen LogP contribution is -2.39. The highest BCUT2D eigenvalue weighted by molar-refractivity contribution is 5.98. The summed E-state index contributed by atoms with van der Waals surface area (Å²) in [6.07, 6.45) is 8.13. The lowest BCUT2D eigenvalue weighted by Gasteiger charge is -2.33. The van der Waals surface area contributed by atoms with E-state index in [1.807, 2.05) is 23.1 Å². The van der Waals surface area contributed by atoms with Crippen molar-refractivity contribution in [2.45, 2.75) is 57.4 Å². The van der Waals surface area contributed by atoms with Gasteiger partial charge in [0.15, 0.2) is 0 Å². The Kier molecular flexibility index (Phi) is 9.88. The van der Waals surface area contributed by atoms with Crippen LogP contribution in [0.25, 0.3) is 16.7 Å². The summed E-state index contributed by atoms with van der Waals surface area (Å²) in [6, 6.07) is 24.8. The molecule has 0 N–H and O–H groups in total. The highest BCUT2D eigenvalue weighted by Gasteiger charge is 2.42. The summed E-state index contributed by atoms with van der Waals surface area (Å²) >= 11 is 0. The molecule has 0 spiro atoms. The number of benzene rings is 3. The minimum atomic E-state index is -0.128. The second-order valence-electron chi connectivity index (χ2n) is 13.5. The fourth-order valence-corrected chi connectivity index (χ4v) is 7.69. The average Bonchev–Trinajstić information content (AvgIpc) is 3.88. The fraction of sp³-hybridized carbons (Fsp3) is 0.447. The smallest absolute Gasteiger partial charge is 0.257 e. The molecule has 49 heavy (non-hydrogen) atoms. The van der Waals surface area contributed by atoms with Crippen molar-refractivity contribution in [2.75, 3.05) is 57.8 Å². The standard InChI is InChI=1S/C38H47N9O2/c1-3-4-10-22-46-34-15-9-8-14-33(34)40-37(46)44-21-11-20-43(25-26-44)23-18-38(30-12-6-5-7-13-30)19-24-45(28-38)36(48)32-27-31(16-17-35(32)49-2)47-29-39-41-42-47/h5-9,12-17,27,29H,3-4,10-11,18-26,28H2,1-2H3/t38-/m0/s1. The second-order valence-corrected chi connectivity index (χ2v) is 13.5. The van der Waals surface area contributed by atoms with E-state index in [-0.39, 0.29) is 11.3 Å². The molecule has 1 atom stereocenters. The van der Waals surface area contributed by atoms with Crippen LogP contribution in [-0.4, -0.2) is 98.4 Å². The predicted molar refractivity (Wildman–Crippen MR) is 191 cm³/mol. The van der Waals surface area contributed by atoms with E-state index in [9.17, 15) is 4.79 Å². The van der Waals surface area contributed by atoms with Gasteiger partial charge in [-0.2, -0.15) is 0 Å². The molecular formula is C38H47N9O2. The molecule has 5 aromatic rings. The molecule has 0 saturated carbocycles. The van der Waals surface area contributed by atoms with Crippen molar-refractivity contribution in [3.63, 3.8) is 0 Å². The third kappa shape index (κ3) is 6.90. The van der Waals surface area contributed by atoms with E-state index in [0.717, 1.165) is 75.7 Å². The van der Waals surface area contributed by atoms with Gasteiger partial charge in [0.2, 0.25) is 5.95 Å². The molecule has 2 fully saturated rings. The van der Waals surface area contributed by atoms with E-state index in [1.54, 1.807) is 11.8 Å². The number of para-hydroxylation sites is 2. The Labute approximate surface area is 288 Å². The van der Waals surface area contributed by atoms with Gasteiger partial charge in [0.05, 0.1) is 29.4 Å². The first-order chi connectivity index (χ1) is 24.1. The van der Waals surface area contributed by atoms with E-state index in [0.29, 0.717) is 24.4 Å². The van der Waals surface area contributed by atoms with Crippen molar-refractivity contribution in [3.8, 4) is 11.4 Å². The molecule has 11 nitrogen and oxygen atoms in total. The van der Waals surface area contributed by atoms with Crippen LogP contribution in [0.4, 0.5) is 5.95 Å². The summed E-state index contributed by atoms with van der Waals surface area (Å²) in [5.41, 5.74) is 4.73. The molecule has 256 valence electrons. The normalized spacial score (nSPS) is 18.7. The van der Waals surface area contributed by atoms with Crippen LogP contribution in [-0.2, 0) is 12.0 Å². The van der Waals surface area contributed by atoms with Gasteiger partial charge < -0.3 is 24.0 Å². The molecule has 2 aliphatic rings. The number of carbonyl (C=O) groups is 1. The number of likely N-dealkylation sites (tertiary alicyclic amines) is 1. The minimum Gasteiger partial charge on any atom is -0.496 e. The largest absolute Gasteiger partial charge is 0.496 e. The molecule has 3 aromatic carbocycles. The highest BCUT2D eigenvalue weighted by atomic mass is 16.5. The first kappa shape index (κ1) is 32.8. The minimum absolute atomic E-state index is 0.0307. The van der Waals surface area contributed by atoms with Crippen molar-refractivity contribution in [2.24, 2.45) is 0 Å². The number of unbranched alkanes of at least 4 members (excludes halogenated alkanes) is 2. The SMILES string of the molecule is CCCCCn1c(N2CCCN(CC[C@]3(c4ccccc4)CCN(C(=O)c4cc(-n5cnnn5)ccc4OC)C3)CC2)nc2ccccc21. The number of fused-ring (bicyclic) bond motifs is 1. The number of hydrogen-bond acceptors (Lipinski definition) is 8. The maximum atomic E-state index is 14.1. The number of methoxy groups -OCH3 is 1. The topological polar surface area (TPSA) is 97.4 Å². The molecular weight excluding hydrogens is 614 g/mol. The van der Waals surface area contributed by atoms with E-state index in [2.05, 4.69) is 91.4 Å². The molecule has 4 heterocycles. The van der Waals surface area contributed by atoms with Crippen LogP contribution in [0.15, 0.2) is 79.1 Å². The van der Waals surface area contributed by atoms with Gasteiger partial charge in [0.1, 0.15) is 12.1 Å². The van der Waals surface area contributed by atoms with Gasteiger partial charge in [-0.05, 0) is 85.1 Å². The molecule has 2 aliphatic heterocycles. The molecule has 2 saturated heterocycles. The fourth-order valence-electron chi connectivity index (χ4n) is 7.69. The Hall–Kier alpha value is -4.77. The van der Waals surface area contributed by atoms with E-state index >= 15 is 0 Å². The zero-order valence-electron chi connectivity index (χ0n) is 28.7. The van der Waals surface area contributed by atoms with Gasteiger partial charge in [-0.25, -0.2) is 9.67 Å². The van der Waals surface area contributed by atoms with Crippen LogP contribution in [0.3, 0.4) is 0 Å². The van der Waals surface area contributed by atoms with Crippen molar-refractivity contribution < 1.29 is 9.53 Å². The molecule has 0 aliphatic carbocycles. The predicted octanol–water partition coefficient (Wildman–Crippen LogP) is 5.60. The summed E-state index contributed by atoms with van der Waals surface area (Å²) in [6.45, 7) is 9.61. The van der Waals surface area contributed by atoms with Crippen molar-refractivity contribution in [1.82, 2.24) is 39.6 Å². The lowest BCUT2D eigenvalue weighted by molar-refractivity contribution is 0.0777. The zero-order valence-corrected chi connectivity index (χ0v) is 28.7. The molecule has 2 aromatic heterocycles. The summed E-state index contributed by atoms with van der Waals surface area (Å²) in [5.74, 6) is 1.63. The summed E-state index contributed by atoms with van der Waals surface area (Å²) in [5, 5.41) is 11.5. The Morgan fingerprint density at radius 2 is 1.78 bits per heavy atom. The van der Waals surface area contributed by atoms with Gasteiger partial charge in [-0.15, -0.1) is 5.10 Å². The first-order valence-electron chi connectivity index (χ1n) is 17.8. The van der Waals surface area contributed by atoms with E-state index in [4.69, 9.17) is 9.72 Å². The second kappa shape index (κ2) is 14.8.